The molecule has 6 nitrogen and oxygen atoms in total. The summed E-state index contributed by atoms with van der Waals surface area (Å²) in [6.07, 6.45) is 0.445. The summed E-state index contributed by atoms with van der Waals surface area (Å²) in [5.74, 6) is -0.0330. The number of alkyl carbamates (subject to hydrolysis) is 1. The van der Waals surface area contributed by atoms with Crippen LogP contribution >= 0.6 is 11.6 Å². The molecule has 3 aromatic carbocycles. The van der Waals surface area contributed by atoms with Crippen LogP contribution in [0.5, 0.6) is 11.5 Å². The van der Waals surface area contributed by atoms with Crippen LogP contribution in [0, 0.1) is 5.82 Å². The molecular weight excluding hydrogens is 497 g/mol. The molecule has 0 heterocycles. The zero-order valence-corrected chi connectivity index (χ0v) is 21.9. The van der Waals surface area contributed by atoms with Gasteiger partial charge in [-0.25, -0.2) is 14.0 Å². The topological polar surface area (TPSA) is 73.9 Å². The third-order valence-electron chi connectivity index (χ3n) is 6.16. The van der Waals surface area contributed by atoms with Gasteiger partial charge < -0.3 is 19.5 Å². The third-order valence-corrected chi connectivity index (χ3v) is 6.55. The van der Waals surface area contributed by atoms with Crippen molar-refractivity contribution in [1.82, 2.24) is 5.32 Å². The molecule has 1 amide bonds. The number of methoxy groups -OCH3 is 1. The van der Waals surface area contributed by atoms with Crippen LogP contribution in [0.15, 0.2) is 60.7 Å². The van der Waals surface area contributed by atoms with Crippen LogP contribution in [0.1, 0.15) is 38.3 Å². The van der Waals surface area contributed by atoms with Crippen LogP contribution < -0.4 is 10.1 Å². The van der Waals surface area contributed by atoms with Gasteiger partial charge in [0.25, 0.3) is 0 Å². The second-order valence-corrected chi connectivity index (χ2v) is 10.4. The molecule has 194 valence electrons. The predicted molar refractivity (Wildman–Crippen MR) is 140 cm³/mol. The summed E-state index contributed by atoms with van der Waals surface area (Å²) < 4.78 is 30.8. The fourth-order valence-electron chi connectivity index (χ4n) is 4.48. The summed E-state index contributed by atoms with van der Waals surface area (Å²) >= 11 is 6.23. The van der Waals surface area contributed by atoms with E-state index in [0.717, 1.165) is 11.1 Å². The van der Waals surface area contributed by atoms with Crippen LogP contribution in [-0.2, 0) is 27.1 Å². The minimum Gasteiger partial charge on any atom is -0.467 e. The van der Waals surface area contributed by atoms with Gasteiger partial charge in [0, 0.05) is 17.5 Å². The number of halogens is 2. The van der Waals surface area contributed by atoms with Crippen molar-refractivity contribution in [2.75, 3.05) is 7.11 Å². The molecule has 1 atom stereocenters. The first kappa shape index (κ1) is 26.5. The number of ether oxygens (including phenoxy) is 3. The SMILES string of the molecule is COC(=O)C1(NC(=O)OC(C)(C)C)CCc2ccc(Oc3ccccc3-c3cccc(F)c3Cl)cc2C1. The summed E-state index contributed by atoms with van der Waals surface area (Å²) in [5.41, 5.74) is 1.05. The van der Waals surface area contributed by atoms with E-state index in [1.54, 1.807) is 45.0 Å². The van der Waals surface area contributed by atoms with Crippen molar-refractivity contribution < 1.29 is 28.2 Å². The van der Waals surface area contributed by atoms with E-state index in [1.165, 1.54) is 13.2 Å². The van der Waals surface area contributed by atoms with Crippen LogP contribution in [-0.4, -0.2) is 30.3 Å². The van der Waals surface area contributed by atoms with Crippen molar-refractivity contribution in [1.29, 1.82) is 0 Å². The molecule has 0 bridgehead atoms. The fraction of sp³-hybridized carbons (Fsp3) is 0.310. The van der Waals surface area contributed by atoms with Gasteiger partial charge in [0.05, 0.1) is 12.1 Å². The number of amides is 1. The number of aryl methyl sites for hydroxylation is 1. The molecule has 4 rings (SSSR count). The number of hydrogen-bond donors (Lipinski definition) is 1. The van der Waals surface area contributed by atoms with Crippen LogP contribution in [0.25, 0.3) is 11.1 Å². The number of nitrogens with one attached hydrogen (secondary N) is 1. The maximum atomic E-state index is 14.1. The van der Waals surface area contributed by atoms with Crippen molar-refractivity contribution in [2.24, 2.45) is 0 Å². The molecular formula is C29H29ClFNO5. The highest BCUT2D eigenvalue weighted by atomic mass is 35.5. The van der Waals surface area contributed by atoms with Gasteiger partial charge in [0.1, 0.15) is 28.5 Å². The summed E-state index contributed by atoms with van der Waals surface area (Å²) in [7, 11) is 1.30. The van der Waals surface area contributed by atoms with Gasteiger partial charge in [-0.3, -0.25) is 0 Å². The number of carbonyl (C=O) groups is 2. The Morgan fingerprint density at radius 2 is 1.73 bits per heavy atom. The normalized spacial score (nSPS) is 16.9. The van der Waals surface area contributed by atoms with E-state index in [4.69, 9.17) is 25.8 Å². The summed E-state index contributed by atoms with van der Waals surface area (Å²) in [6, 6.07) is 17.5. The smallest absolute Gasteiger partial charge is 0.408 e. The molecule has 1 unspecified atom stereocenters. The van der Waals surface area contributed by atoms with E-state index in [0.29, 0.717) is 35.5 Å². The Labute approximate surface area is 220 Å². The van der Waals surface area contributed by atoms with Crippen molar-refractivity contribution in [3.63, 3.8) is 0 Å². The van der Waals surface area contributed by atoms with Gasteiger partial charge in [-0.1, -0.05) is 48.0 Å². The lowest BCUT2D eigenvalue weighted by Crippen LogP contribution is -2.59. The molecule has 0 fully saturated rings. The molecule has 0 saturated heterocycles. The number of carbonyl (C=O) groups excluding carboxylic acids is 2. The molecule has 1 aliphatic rings. The van der Waals surface area contributed by atoms with Crippen molar-refractivity contribution in [2.45, 2.75) is 51.2 Å². The van der Waals surface area contributed by atoms with E-state index in [9.17, 15) is 14.0 Å². The van der Waals surface area contributed by atoms with Crippen LogP contribution in [0.3, 0.4) is 0 Å². The van der Waals surface area contributed by atoms with Gasteiger partial charge in [-0.15, -0.1) is 0 Å². The van der Waals surface area contributed by atoms with Crippen LogP contribution in [0.2, 0.25) is 5.02 Å². The second-order valence-electron chi connectivity index (χ2n) is 10.0. The average molecular weight is 526 g/mol. The minimum absolute atomic E-state index is 0.0140. The van der Waals surface area contributed by atoms with E-state index >= 15 is 0 Å². The Hall–Kier alpha value is -3.58. The Morgan fingerprint density at radius 3 is 2.46 bits per heavy atom. The highest BCUT2D eigenvalue weighted by Crippen LogP contribution is 2.39. The van der Waals surface area contributed by atoms with E-state index in [-0.39, 0.29) is 11.4 Å². The lowest BCUT2D eigenvalue weighted by Gasteiger charge is -2.36. The maximum Gasteiger partial charge on any atom is 0.408 e. The Balaban J connectivity index is 1.64. The van der Waals surface area contributed by atoms with Gasteiger partial charge in [-0.05, 0) is 69.0 Å². The largest absolute Gasteiger partial charge is 0.467 e. The first-order chi connectivity index (χ1) is 17.5. The Kier molecular flexibility index (Phi) is 7.46. The van der Waals surface area contributed by atoms with Gasteiger partial charge in [0.15, 0.2) is 0 Å². The average Bonchev–Trinajstić information content (AvgIpc) is 2.84. The predicted octanol–water partition coefficient (Wildman–Crippen LogP) is 6.86. The minimum atomic E-state index is -1.27. The Bertz CT molecular complexity index is 1340. The first-order valence-electron chi connectivity index (χ1n) is 11.9. The molecule has 3 aromatic rings. The first-order valence-corrected chi connectivity index (χ1v) is 12.3. The van der Waals surface area contributed by atoms with Gasteiger partial charge in [-0.2, -0.15) is 0 Å². The monoisotopic (exact) mass is 525 g/mol. The highest BCUT2D eigenvalue weighted by Gasteiger charge is 2.45. The summed E-state index contributed by atoms with van der Waals surface area (Å²) in [5, 5.41) is 2.78. The van der Waals surface area contributed by atoms with Crippen molar-refractivity contribution in [3.8, 4) is 22.6 Å². The maximum absolute atomic E-state index is 14.1. The number of para-hydroxylation sites is 1. The second kappa shape index (κ2) is 10.4. The molecule has 8 heteroatoms. The van der Waals surface area contributed by atoms with E-state index in [2.05, 4.69) is 5.32 Å². The molecule has 0 aliphatic heterocycles. The number of fused-ring (bicyclic) bond motifs is 1. The van der Waals surface area contributed by atoms with Gasteiger partial charge >= 0.3 is 12.1 Å². The van der Waals surface area contributed by atoms with Gasteiger partial charge in [0.2, 0.25) is 0 Å². The molecule has 0 radical (unpaired) electrons. The molecule has 0 aromatic heterocycles. The number of benzene rings is 3. The number of hydrogen-bond acceptors (Lipinski definition) is 5. The van der Waals surface area contributed by atoms with Crippen molar-refractivity contribution >= 4 is 23.7 Å². The standard InChI is InChI=1S/C29H29ClFNO5/c1-28(2,3)37-27(34)32-29(26(33)35-4)15-14-18-12-13-20(16-19(18)17-29)36-24-11-6-5-8-21(24)22-9-7-10-23(31)25(22)30/h5-13,16H,14-15,17H2,1-4H3,(H,32,34). The zero-order chi connectivity index (χ0) is 26.8. The molecule has 1 N–H and O–H groups in total. The summed E-state index contributed by atoms with van der Waals surface area (Å²) in [4.78, 5) is 25.5. The van der Waals surface area contributed by atoms with E-state index in [1.807, 2.05) is 30.3 Å². The van der Waals surface area contributed by atoms with Crippen LogP contribution in [0.4, 0.5) is 9.18 Å². The molecule has 1 aliphatic carbocycles. The highest BCUT2D eigenvalue weighted by molar-refractivity contribution is 6.33. The van der Waals surface area contributed by atoms with Crippen molar-refractivity contribution in [3.05, 3.63) is 82.6 Å². The molecule has 0 saturated carbocycles. The fourth-order valence-corrected chi connectivity index (χ4v) is 4.71. The molecule has 37 heavy (non-hydrogen) atoms. The lowest BCUT2D eigenvalue weighted by atomic mass is 9.78. The summed E-state index contributed by atoms with van der Waals surface area (Å²) in [6.45, 7) is 5.27. The lowest BCUT2D eigenvalue weighted by molar-refractivity contribution is -0.149. The number of esters is 1. The molecule has 0 spiro atoms. The zero-order valence-electron chi connectivity index (χ0n) is 21.2. The third kappa shape index (κ3) is 5.88. The van der Waals surface area contributed by atoms with E-state index < -0.39 is 29.0 Å². The number of rotatable bonds is 5. The quantitative estimate of drug-likeness (QED) is 0.368. The Morgan fingerprint density at radius 1 is 1.00 bits per heavy atom.